The molecule has 2 fully saturated rings. The minimum atomic E-state index is -0.148. The lowest BCUT2D eigenvalue weighted by atomic mass is 9.76. The first-order valence-electron chi connectivity index (χ1n) is 7.15. The number of hydrogen-bond acceptors (Lipinski definition) is 2. The molecule has 0 aromatic carbocycles. The molecule has 2 nitrogen and oxygen atoms in total. The minimum Gasteiger partial charge on any atom is -0.357 e. The van der Waals surface area contributed by atoms with E-state index in [9.17, 15) is 4.79 Å². The number of carbonyl (C=O) groups excluding carboxylic acids is 1. The van der Waals surface area contributed by atoms with E-state index in [4.69, 9.17) is 4.74 Å². The van der Waals surface area contributed by atoms with Crippen molar-refractivity contribution >= 4 is 5.78 Å². The van der Waals surface area contributed by atoms with Crippen molar-refractivity contribution in [3.05, 3.63) is 11.1 Å². The van der Waals surface area contributed by atoms with Crippen LogP contribution >= 0.6 is 0 Å². The van der Waals surface area contributed by atoms with Gasteiger partial charge in [0, 0.05) is 6.42 Å². The van der Waals surface area contributed by atoms with Crippen molar-refractivity contribution in [2.45, 2.75) is 76.4 Å². The molecule has 1 saturated carbocycles. The van der Waals surface area contributed by atoms with Crippen molar-refractivity contribution in [3.8, 4) is 0 Å². The molecule has 17 heavy (non-hydrogen) atoms. The third kappa shape index (κ3) is 1.33. The maximum absolute atomic E-state index is 12.1. The highest BCUT2D eigenvalue weighted by molar-refractivity contribution is 6.01. The second kappa shape index (κ2) is 3.68. The molecule has 2 aliphatic carbocycles. The molecule has 1 heterocycles. The molecule has 0 bridgehead atoms. The molecule has 0 radical (unpaired) electrons. The Balaban J connectivity index is 1.95. The van der Waals surface area contributed by atoms with Gasteiger partial charge in [0.15, 0.2) is 5.78 Å². The van der Waals surface area contributed by atoms with Crippen LogP contribution in [0, 0.1) is 0 Å². The average molecular weight is 234 g/mol. The number of Topliss-reactive ketones (excluding diaryl/α,β-unsaturated/α-hetero) is 1. The molecule has 3 rings (SSSR count). The summed E-state index contributed by atoms with van der Waals surface area (Å²) in [4.78, 5) is 12.1. The van der Waals surface area contributed by atoms with Gasteiger partial charge in [-0.1, -0.05) is 33.1 Å². The smallest absolute Gasteiger partial charge is 0.162 e. The first-order chi connectivity index (χ1) is 8.19. The molecular formula is C15H22O2. The Kier molecular flexibility index (Phi) is 2.48. The van der Waals surface area contributed by atoms with Crippen LogP contribution in [0.4, 0.5) is 0 Å². The predicted octanol–water partition coefficient (Wildman–Crippen LogP) is 3.55. The fraction of sp³-hybridized carbons (Fsp3) is 0.800. The van der Waals surface area contributed by atoms with Crippen molar-refractivity contribution in [1.82, 2.24) is 0 Å². The number of carbonyl (C=O) groups is 1. The molecule has 0 aromatic rings. The molecule has 1 saturated heterocycles. The van der Waals surface area contributed by atoms with Crippen molar-refractivity contribution in [3.63, 3.8) is 0 Å². The number of rotatable bonds is 2. The van der Waals surface area contributed by atoms with Gasteiger partial charge in [-0.3, -0.25) is 4.79 Å². The second-order valence-corrected chi connectivity index (χ2v) is 5.75. The lowest BCUT2D eigenvalue weighted by molar-refractivity contribution is -0.115. The summed E-state index contributed by atoms with van der Waals surface area (Å²) in [5, 5.41) is 0. The Labute approximate surface area is 103 Å². The van der Waals surface area contributed by atoms with Crippen molar-refractivity contribution in [1.29, 1.82) is 0 Å². The summed E-state index contributed by atoms with van der Waals surface area (Å²) in [5.74, 6) is 0.354. The van der Waals surface area contributed by atoms with Crippen molar-refractivity contribution in [2.75, 3.05) is 0 Å². The number of hydrogen-bond donors (Lipinski definition) is 0. The summed E-state index contributed by atoms with van der Waals surface area (Å²) in [6, 6.07) is 0. The first kappa shape index (κ1) is 11.5. The number of epoxide rings is 1. The van der Waals surface area contributed by atoms with Gasteiger partial charge in [-0.15, -0.1) is 0 Å². The first-order valence-corrected chi connectivity index (χ1v) is 7.15. The summed E-state index contributed by atoms with van der Waals surface area (Å²) in [5.41, 5.74) is 2.33. The normalized spacial score (nSPS) is 35.1. The summed E-state index contributed by atoms with van der Waals surface area (Å²) < 4.78 is 6.22. The quantitative estimate of drug-likeness (QED) is 0.684. The van der Waals surface area contributed by atoms with Gasteiger partial charge >= 0.3 is 0 Å². The van der Waals surface area contributed by atoms with Crippen LogP contribution in [0.25, 0.3) is 0 Å². The Bertz CT molecular complexity index is 388. The number of fused-ring (bicyclic) bond motifs is 1. The fourth-order valence-corrected chi connectivity index (χ4v) is 4.23. The van der Waals surface area contributed by atoms with E-state index < -0.39 is 0 Å². The van der Waals surface area contributed by atoms with Crippen LogP contribution in [-0.4, -0.2) is 17.0 Å². The summed E-state index contributed by atoms with van der Waals surface area (Å²) in [6.45, 7) is 4.27. The second-order valence-electron chi connectivity index (χ2n) is 5.75. The topological polar surface area (TPSA) is 29.6 Å². The number of ketones is 1. The highest BCUT2D eigenvalue weighted by Gasteiger charge is 2.73. The maximum atomic E-state index is 12.1. The van der Waals surface area contributed by atoms with Gasteiger partial charge in [-0.05, 0) is 36.8 Å². The zero-order valence-corrected chi connectivity index (χ0v) is 11.0. The maximum Gasteiger partial charge on any atom is 0.162 e. The summed E-state index contributed by atoms with van der Waals surface area (Å²) in [6.07, 6.45) is 8.71. The lowest BCUT2D eigenvalue weighted by Gasteiger charge is -2.22. The molecule has 3 aliphatic rings. The predicted molar refractivity (Wildman–Crippen MR) is 66.9 cm³/mol. The number of allylic oxidation sites excluding steroid dienone is 1. The van der Waals surface area contributed by atoms with Gasteiger partial charge < -0.3 is 4.74 Å². The Morgan fingerprint density at radius 1 is 1.12 bits per heavy atom. The van der Waals surface area contributed by atoms with E-state index in [1.165, 1.54) is 37.7 Å². The largest absolute Gasteiger partial charge is 0.357 e. The number of ether oxygens (including phenoxy) is 1. The van der Waals surface area contributed by atoms with E-state index in [2.05, 4.69) is 13.8 Å². The van der Waals surface area contributed by atoms with Crippen LogP contribution in [0.3, 0.4) is 0 Å². The molecule has 1 atom stereocenters. The monoisotopic (exact) mass is 234 g/mol. The van der Waals surface area contributed by atoms with Crippen LogP contribution < -0.4 is 0 Å². The Hall–Kier alpha value is -0.630. The zero-order valence-electron chi connectivity index (χ0n) is 11.0. The van der Waals surface area contributed by atoms with Gasteiger partial charge in [0.25, 0.3) is 0 Å². The fourth-order valence-electron chi connectivity index (χ4n) is 4.23. The molecule has 0 amide bonds. The van der Waals surface area contributed by atoms with Crippen LogP contribution in [0.2, 0.25) is 0 Å². The molecule has 1 aliphatic heterocycles. The highest BCUT2D eigenvalue weighted by atomic mass is 16.6. The summed E-state index contributed by atoms with van der Waals surface area (Å²) in [7, 11) is 0. The average Bonchev–Trinajstić information content (AvgIpc) is 2.81. The molecule has 94 valence electrons. The van der Waals surface area contributed by atoms with E-state index >= 15 is 0 Å². The highest BCUT2D eigenvalue weighted by Crippen LogP contribution is 2.65. The van der Waals surface area contributed by atoms with Gasteiger partial charge in [-0.25, -0.2) is 0 Å². The van der Waals surface area contributed by atoms with Crippen LogP contribution in [0.1, 0.15) is 65.2 Å². The standard InChI is InChI=1S/C15H22O2/c1-3-11-12(4-2)15(10-13(11)16)14(17-15)8-6-5-7-9-14/h3-10H2,1-2H3/t15-/m1/s1. The van der Waals surface area contributed by atoms with Gasteiger partial charge in [0.1, 0.15) is 11.2 Å². The van der Waals surface area contributed by atoms with E-state index in [0.717, 1.165) is 18.4 Å². The van der Waals surface area contributed by atoms with Crippen LogP contribution in [0.15, 0.2) is 11.1 Å². The van der Waals surface area contributed by atoms with Crippen molar-refractivity contribution in [2.24, 2.45) is 0 Å². The minimum absolute atomic E-state index is 0.0587. The molecular weight excluding hydrogens is 212 g/mol. The molecule has 0 unspecified atom stereocenters. The molecule has 2 heteroatoms. The summed E-state index contributed by atoms with van der Waals surface area (Å²) >= 11 is 0. The molecule has 0 N–H and O–H groups in total. The van der Waals surface area contributed by atoms with Crippen LogP contribution in [0.5, 0.6) is 0 Å². The van der Waals surface area contributed by atoms with E-state index in [1.54, 1.807) is 0 Å². The van der Waals surface area contributed by atoms with E-state index in [1.807, 2.05) is 0 Å². The SMILES string of the molecule is CCC1=C(CC)[C@@]2(CC1=O)OC21CCCCC1. The molecule has 2 spiro atoms. The van der Waals surface area contributed by atoms with Gasteiger partial charge in [0.2, 0.25) is 0 Å². The van der Waals surface area contributed by atoms with E-state index in [-0.39, 0.29) is 11.2 Å². The Morgan fingerprint density at radius 2 is 1.82 bits per heavy atom. The van der Waals surface area contributed by atoms with E-state index in [0.29, 0.717) is 12.2 Å². The zero-order chi connectivity index (χ0) is 12.1. The van der Waals surface area contributed by atoms with Gasteiger partial charge in [0.05, 0.1) is 0 Å². The van der Waals surface area contributed by atoms with Crippen molar-refractivity contribution < 1.29 is 9.53 Å². The van der Waals surface area contributed by atoms with Crippen LogP contribution in [-0.2, 0) is 9.53 Å². The third-order valence-corrected chi connectivity index (χ3v) is 5.03. The molecule has 0 aromatic heterocycles. The third-order valence-electron chi connectivity index (χ3n) is 5.03. The Morgan fingerprint density at radius 3 is 2.41 bits per heavy atom. The van der Waals surface area contributed by atoms with Gasteiger partial charge in [-0.2, -0.15) is 0 Å². The lowest BCUT2D eigenvalue weighted by Crippen LogP contribution is -2.28.